The van der Waals surface area contributed by atoms with Crippen molar-refractivity contribution in [3.63, 3.8) is 0 Å². The van der Waals surface area contributed by atoms with Gasteiger partial charge in [-0.15, -0.1) is 0 Å². The van der Waals surface area contributed by atoms with Crippen LogP contribution in [0.5, 0.6) is 5.75 Å². The Balaban J connectivity index is 2.09. The second-order valence-corrected chi connectivity index (χ2v) is 5.08. The number of hydrogen-bond acceptors (Lipinski definition) is 2. The number of nitrogens with zero attached hydrogens (tertiary/aromatic N) is 1. The molecule has 0 aliphatic carbocycles. The van der Waals surface area contributed by atoms with Crippen molar-refractivity contribution in [1.29, 1.82) is 0 Å². The van der Waals surface area contributed by atoms with Crippen molar-refractivity contribution < 1.29 is 9.53 Å². The fourth-order valence-electron chi connectivity index (χ4n) is 2.31. The summed E-state index contributed by atoms with van der Waals surface area (Å²) in [7, 11) is 3.47. The third kappa shape index (κ3) is 3.63. The number of methoxy groups -OCH3 is 1. The van der Waals surface area contributed by atoms with Crippen LogP contribution in [0.15, 0.2) is 54.6 Å². The van der Waals surface area contributed by atoms with E-state index in [4.69, 9.17) is 4.74 Å². The summed E-state index contributed by atoms with van der Waals surface area (Å²) in [5.74, 6) is 0.836. The summed E-state index contributed by atoms with van der Waals surface area (Å²) in [6, 6.07) is 17.7. The lowest BCUT2D eigenvalue weighted by Gasteiger charge is -2.25. The number of rotatable bonds is 5. The van der Waals surface area contributed by atoms with Gasteiger partial charge in [-0.3, -0.25) is 4.79 Å². The molecule has 0 aromatic heterocycles. The van der Waals surface area contributed by atoms with Crippen LogP contribution in [0.25, 0.3) is 0 Å². The van der Waals surface area contributed by atoms with Gasteiger partial charge in [0.05, 0.1) is 19.6 Å². The molecule has 3 heteroatoms. The van der Waals surface area contributed by atoms with E-state index < -0.39 is 0 Å². The van der Waals surface area contributed by atoms with Crippen LogP contribution in [0.1, 0.15) is 24.1 Å². The minimum absolute atomic E-state index is 0.0495. The zero-order valence-electron chi connectivity index (χ0n) is 12.7. The summed E-state index contributed by atoms with van der Waals surface area (Å²) >= 11 is 0. The first-order chi connectivity index (χ1) is 10.1. The molecule has 0 saturated heterocycles. The molecular weight excluding hydrogens is 262 g/mol. The Hall–Kier alpha value is -2.29. The largest absolute Gasteiger partial charge is 0.496 e. The van der Waals surface area contributed by atoms with Crippen LogP contribution in [0.3, 0.4) is 0 Å². The van der Waals surface area contributed by atoms with E-state index in [9.17, 15) is 4.79 Å². The van der Waals surface area contributed by atoms with Crippen molar-refractivity contribution in [2.75, 3.05) is 14.2 Å². The summed E-state index contributed by atoms with van der Waals surface area (Å²) < 4.78 is 5.30. The predicted molar refractivity (Wildman–Crippen MR) is 84.3 cm³/mol. The number of ether oxygens (including phenoxy) is 1. The molecule has 2 aromatic rings. The standard InChI is InChI=1S/C18H21NO2/c1-14(15-9-5-4-6-10-15)19(2)18(20)13-16-11-7-8-12-17(16)21-3/h4-12,14H,13H2,1-3H3/t14-/m1/s1. The molecule has 2 aromatic carbocycles. The van der Waals surface area contributed by atoms with Gasteiger partial charge in [0.25, 0.3) is 0 Å². The van der Waals surface area contributed by atoms with E-state index in [1.54, 1.807) is 12.0 Å². The average Bonchev–Trinajstić information content (AvgIpc) is 2.54. The van der Waals surface area contributed by atoms with E-state index in [0.717, 1.165) is 16.9 Å². The Morgan fingerprint density at radius 1 is 1.10 bits per heavy atom. The number of carbonyl (C=O) groups is 1. The van der Waals surface area contributed by atoms with Crippen molar-refractivity contribution in [2.24, 2.45) is 0 Å². The molecule has 3 nitrogen and oxygen atoms in total. The molecule has 0 saturated carbocycles. The van der Waals surface area contributed by atoms with Crippen molar-refractivity contribution in [1.82, 2.24) is 4.90 Å². The van der Waals surface area contributed by atoms with E-state index in [-0.39, 0.29) is 11.9 Å². The maximum absolute atomic E-state index is 12.5. The highest BCUT2D eigenvalue weighted by molar-refractivity contribution is 5.79. The Morgan fingerprint density at radius 2 is 1.71 bits per heavy atom. The lowest BCUT2D eigenvalue weighted by atomic mass is 10.1. The number of benzene rings is 2. The van der Waals surface area contributed by atoms with Crippen LogP contribution in [0.2, 0.25) is 0 Å². The second kappa shape index (κ2) is 6.93. The number of para-hydroxylation sites is 1. The van der Waals surface area contributed by atoms with E-state index in [1.807, 2.05) is 68.6 Å². The quantitative estimate of drug-likeness (QED) is 0.841. The van der Waals surface area contributed by atoms with Crippen molar-refractivity contribution in [2.45, 2.75) is 19.4 Å². The predicted octanol–water partition coefficient (Wildman–Crippen LogP) is 3.46. The molecule has 0 heterocycles. The van der Waals surface area contributed by atoms with Crippen molar-refractivity contribution >= 4 is 5.91 Å². The third-order valence-corrected chi connectivity index (χ3v) is 3.79. The van der Waals surface area contributed by atoms with Gasteiger partial charge in [0, 0.05) is 12.6 Å². The monoisotopic (exact) mass is 283 g/mol. The summed E-state index contributed by atoms with van der Waals surface area (Å²) in [5, 5.41) is 0. The third-order valence-electron chi connectivity index (χ3n) is 3.79. The average molecular weight is 283 g/mol. The lowest BCUT2D eigenvalue weighted by Crippen LogP contribution is -2.31. The van der Waals surface area contributed by atoms with Gasteiger partial charge in [-0.2, -0.15) is 0 Å². The van der Waals surface area contributed by atoms with Gasteiger partial charge in [-0.1, -0.05) is 48.5 Å². The molecule has 110 valence electrons. The minimum Gasteiger partial charge on any atom is -0.496 e. The van der Waals surface area contributed by atoms with Crippen LogP contribution in [-0.4, -0.2) is 25.0 Å². The smallest absolute Gasteiger partial charge is 0.227 e. The molecule has 1 amide bonds. The molecular formula is C18H21NO2. The number of carbonyl (C=O) groups excluding carboxylic acids is 1. The van der Waals surface area contributed by atoms with Gasteiger partial charge in [0.1, 0.15) is 5.75 Å². The Morgan fingerprint density at radius 3 is 2.38 bits per heavy atom. The fourth-order valence-corrected chi connectivity index (χ4v) is 2.31. The highest BCUT2D eigenvalue weighted by Gasteiger charge is 2.18. The number of hydrogen-bond donors (Lipinski definition) is 0. The Kier molecular flexibility index (Phi) is 4.99. The van der Waals surface area contributed by atoms with Crippen molar-refractivity contribution in [3.8, 4) is 5.75 Å². The highest BCUT2D eigenvalue weighted by Crippen LogP contribution is 2.22. The SMILES string of the molecule is COc1ccccc1CC(=O)N(C)[C@H](C)c1ccccc1. The first-order valence-corrected chi connectivity index (χ1v) is 7.06. The molecule has 0 spiro atoms. The second-order valence-electron chi connectivity index (χ2n) is 5.08. The van der Waals surface area contributed by atoms with E-state index in [2.05, 4.69) is 0 Å². The van der Waals surface area contributed by atoms with E-state index in [1.165, 1.54) is 0 Å². The van der Waals surface area contributed by atoms with Crippen LogP contribution in [0.4, 0.5) is 0 Å². The molecule has 0 unspecified atom stereocenters. The Bertz CT molecular complexity index is 595. The van der Waals surface area contributed by atoms with E-state index in [0.29, 0.717) is 6.42 Å². The Labute approximate surface area is 126 Å². The maximum Gasteiger partial charge on any atom is 0.227 e. The maximum atomic E-state index is 12.5. The summed E-state index contributed by atoms with van der Waals surface area (Å²) in [5.41, 5.74) is 2.05. The molecule has 0 bridgehead atoms. The zero-order chi connectivity index (χ0) is 15.2. The zero-order valence-corrected chi connectivity index (χ0v) is 12.7. The van der Waals surface area contributed by atoms with Gasteiger partial charge in [-0.25, -0.2) is 0 Å². The van der Waals surface area contributed by atoms with Crippen LogP contribution in [0, 0.1) is 0 Å². The van der Waals surface area contributed by atoms with Gasteiger partial charge in [-0.05, 0) is 18.6 Å². The molecule has 1 atom stereocenters. The number of likely N-dealkylation sites (N-methyl/N-ethyl adjacent to an activating group) is 1. The normalized spacial score (nSPS) is 11.8. The molecule has 2 rings (SSSR count). The first-order valence-electron chi connectivity index (χ1n) is 7.06. The highest BCUT2D eigenvalue weighted by atomic mass is 16.5. The van der Waals surface area contributed by atoms with Gasteiger partial charge in [0.15, 0.2) is 0 Å². The van der Waals surface area contributed by atoms with Crippen LogP contribution >= 0.6 is 0 Å². The summed E-state index contributed by atoms with van der Waals surface area (Å²) in [4.78, 5) is 14.2. The first kappa shape index (κ1) is 15.1. The molecule has 0 radical (unpaired) electrons. The molecule has 0 fully saturated rings. The number of amides is 1. The van der Waals surface area contributed by atoms with Gasteiger partial charge >= 0.3 is 0 Å². The molecule has 0 N–H and O–H groups in total. The summed E-state index contributed by atoms with van der Waals surface area (Å²) in [6.45, 7) is 2.04. The van der Waals surface area contributed by atoms with E-state index >= 15 is 0 Å². The topological polar surface area (TPSA) is 29.5 Å². The van der Waals surface area contributed by atoms with Gasteiger partial charge in [0.2, 0.25) is 5.91 Å². The fraction of sp³-hybridized carbons (Fsp3) is 0.278. The summed E-state index contributed by atoms with van der Waals surface area (Å²) in [6.07, 6.45) is 0.345. The van der Waals surface area contributed by atoms with Gasteiger partial charge < -0.3 is 9.64 Å². The van der Waals surface area contributed by atoms with Crippen LogP contribution < -0.4 is 4.74 Å². The molecule has 21 heavy (non-hydrogen) atoms. The lowest BCUT2D eigenvalue weighted by molar-refractivity contribution is -0.131. The van der Waals surface area contributed by atoms with Crippen LogP contribution in [-0.2, 0) is 11.2 Å². The van der Waals surface area contributed by atoms with Crippen molar-refractivity contribution in [3.05, 3.63) is 65.7 Å². The molecule has 0 aliphatic heterocycles. The minimum atomic E-state index is 0.0495. The molecule has 0 aliphatic rings.